The average Bonchev–Trinajstić information content (AvgIpc) is 3.22. The quantitative estimate of drug-likeness (QED) is 0.129. The number of hydrogen-bond donors (Lipinski definition) is 3. The lowest BCUT2D eigenvalue weighted by Crippen LogP contribution is -2.69. The second kappa shape index (κ2) is 11.1. The number of carbonyl (C=O) groups is 4. The fraction of sp³-hybridized carbons (Fsp3) is 0.474. The molecular formula is C19H23N5O7S2. The SMILES string of the molecule is CON=C(C(=O)NC1C(=O)N2C=C(C(=O)OCCCCCC(=O)O)CS[C@H]12)c1csc(N)n1. The number of esters is 1. The van der Waals surface area contributed by atoms with Crippen LogP contribution in [0.4, 0.5) is 5.13 Å². The van der Waals surface area contributed by atoms with Crippen molar-refractivity contribution in [2.75, 3.05) is 25.2 Å². The molecule has 1 aromatic rings. The number of fused-ring (bicyclic) bond motifs is 1. The van der Waals surface area contributed by atoms with Crippen LogP contribution < -0.4 is 11.1 Å². The lowest BCUT2D eigenvalue weighted by atomic mass is 10.1. The number of unbranched alkanes of at least 4 members (excludes halogenated alkanes) is 2. The maximum absolute atomic E-state index is 12.7. The first-order valence-electron chi connectivity index (χ1n) is 9.98. The van der Waals surface area contributed by atoms with Crippen LogP contribution in [0.5, 0.6) is 0 Å². The Morgan fingerprint density at radius 1 is 1.36 bits per heavy atom. The fourth-order valence-electron chi connectivity index (χ4n) is 3.14. The molecule has 1 saturated heterocycles. The van der Waals surface area contributed by atoms with Crippen LogP contribution in [-0.2, 0) is 28.8 Å². The van der Waals surface area contributed by atoms with E-state index in [1.807, 2.05) is 0 Å². The number of carbonyl (C=O) groups excluding carboxylic acids is 3. The number of thioether (sulfide) groups is 1. The Labute approximate surface area is 197 Å². The van der Waals surface area contributed by atoms with Gasteiger partial charge >= 0.3 is 11.9 Å². The van der Waals surface area contributed by atoms with E-state index in [1.54, 1.807) is 5.38 Å². The van der Waals surface area contributed by atoms with Gasteiger partial charge < -0.3 is 30.6 Å². The summed E-state index contributed by atoms with van der Waals surface area (Å²) in [7, 11) is 1.29. The molecule has 1 fully saturated rings. The van der Waals surface area contributed by atoms with E-state index in [4.69, 9.17) is 20.4 Å². The molecule has 2 aliphatic heterocycles. The number of hydrogen-bond acceptors (Lipinski definition) is 11. The van der Waals surface area contributed by atoms with Gasteiger partial charge in [0.2, 0.25) is 0 Å². The zero-order valence-electron chi connectivity index (χ0n) is 17.7. The molecule has 0 aliphatic carbocycles. The molecule has 1 unspecified atom stereocenters. The summed E-state index contributed by atoms with van der Waals surface area (Å²) in [6.07, 6.45) is 3.26. The summed E-state index contributed by atoms with van der Waals surface area (Å²) >= 11 is 2.47. The Hall–Kier alpha value is -3.13. The number of amides is 2. The number of oxime groups is 1. The molecule has 0 spiro atoms. The first-order valence-corrected chi connectivity index (χ1v) is 11.9. The normalized spacial score (nSPS) is 19.8. The summed E-state index contributed by atoms with van der Waals surface area (Å²) in [5.74, 6) is -2.04. The number of thiazole rings is 1. The van der Waals surface area contributed by atoms with Crippen LogP contribution >= 0.6 is 23.1 Å². The number of carboxylic acids is 1. The molecule has 33 heavy (non-hydrogen) atoms. The maximum Gasteiger partial charge on any atom is 0.336 e. The molecule has 1 aromatic heterocycles. The number of β-lactam (4-membered cyclic amide) rings is 1. The molecule has 2 aliphatic rings. The smallest absolute Gasteiger partial charge is 0.336 e. The summed E-state index contributed by atoms with van der Waals surface area (Å²) in [5.41, 5.74) is 6.10. The van der Waals surface area contributed by atoms with Crippen LogP contribution in [0.15, 0.2) is 22.3 Å². The van der Waals surface area contributed by atoms with E-state index in [2.05, 4.69) is 15.5 Å². The van der Waals surface area contributed by atoms with Gasteiger partial charge in [0.1, 0.15) is 24.2 Å². The summed E-state index contributed by atoms with van der Waals surface area (Å²) < 4.78 is 5.21. The molecule has 3 heterocycles. The predicted octanol–water partition coefficient (Wildman–Crippen LogP) is 0.548. The second-order valence-electron chi connectivity index (χ2n) is 7.09. The van der Waals surface area contributed by atoms with Gasteiger partial charge in [-0.25, -0.2) is 9.78 Å². The van der Waals surface area contributed by atoms with Crippen molar-refractivity contribution in [2.24, 2.45) is 5.16 Å². The first kappa shape index (κ1) is 24.5. The third-order valence-electron chi connectivity index (χ3n) is 4.76. The summed E-state index contributed by atoms with van der Waals surface area (Å²) in [4.78, 5) is 58.1. The molecule has 2 amide bonds. The Kier molecular flexibility index (Phi) is 8.27. The van der Waals surface area contributed by atoms with Gasteiger partial charge in [-0.05, 0) is 19.3 Å². The third kappa shape index (κ3) is 6.01. The van der Waals surface area contributed by atoms with Crippen LogP contribution in [-0.4, -0.2) is 75.3 Å². The van der Waals surface area contributed by atoms with Crippen molar-refractivity contribution >= 4 is 57.7 Å². The van der Waals surface area contributed by atoms with Gasteiger partial charge in [-0.3, -0.25) is 14.4 Å². The monoisotopic (exact) mass is 497 g/mol. The van der Waals surface area contributed by atoms with Gasteiger partial charge in [0.25, 0.3) is 11.8 Å². The number of nitrogens with one attached hydrogen (secondary N) is 1. The van der Waals surface area contributed by atoms with Crippen molar-refractivity contribution in [1.29, 1.82) is 0 Å². The second-order valence-corrected chi connectivity index (χ2v) is 9.08. The lowest BCUT2D eigenvalue weighted by Gasteiger charge is -2.47. The number of ether oxygens (including phenoxy) is 1. The van der Waals surface area contributed by atoms with Crippen molar-refractivity contribution in [1.82, 2.24) is 15.2 Å². The zero-order chi connectivity index (χ0) is 24.0. The Balaban J connectivity index is 1.51. The van der Waals surface area contributed by atoms with Crippen molar-refractivity contribution in [3.8, 4) is 0 Å². The Bertz CT molecular complexity index is 993. The highest BCUT2D eigenvalue weighted by Gasteiger charge is 2.50. The standard InChI is InChI=1S/C19H23N5O7S2/c1-30-23-13(11-9-33-19(20)21-11)15(27)22-14-16(28)24-7-10(8-32-17(14)24)18(29)31-6-4-2-3-5-12(25)26/h7,9,14,17H,2-6,8H2,1H3,(H2,20,21)(H,22,27)(H,25,26)/t14?,17-/m1/s1. The highest BCUT2D eigenvalue weighted by molar-refractivity contribution is 8.00. The molecule has 2 atom stereocenters. The molecule has 3 rings (SSSR count). The molecule has 0 radical (unpaired) electrons. The van der Waals surface area contributed by atoms with Gasteiger partial charge in [-0.2, -0.15) is 0 Å². The molecule has 14 heteroatoms. The molecule has 4 N–H and O–H groups in total. The predicted molar refractivity (Wildman–Crippen MR) is 120 cm³/mol. The van der Waals surface area contributed by atoms with Gasteiger partial charge in [0.15, 0.2) is 10.8 Å². The molecule has 0 bridgehead atoms. The average molecular weight is 498 g/mol. The number of aliphatic carboxylic acids is 1. The van der Waals surface area contributed by atoms with Crippen LogP contribution in [0, 0.1) is 0 Å². The molecular weight excluding hydrogens is 474 g/mol. The number of nitrogens with two attached hydrogens (primary N) is 1. The van der Waals surface area contributed by atoms with E-state index >= 15 is 0 Å². The van der Waals surface area contributed by atoms with E-state index in [9.17, 15) is 19.2 Å². The molecule has 12 nitrogen and oxygen atoms in total. The van der Waals surface area contributed by atoms with Crippen molar-refractivity contribution in [2.45, 2.75) is 37.1 Å². The summed E-state index contributed by atoms with van der Waals surface area (Å²) in [5, 5.41) is 16.4. The topological polar surface area (TPSA) is 174 Å². The minimum Gasteiger partial charge on any atom is -0.481 e. The van der Waals surface area contributed by atoms with Crippen molar-refractivity contribution < 1.29 is 33.9 Å². The lowest BCUT2D eigenvalue weighted by molar-refractivity contribution is -0.144. The number of carboxylic acid groups (broad SMARTS) is 1. The zero-order valence-corrected chi connectivity index (χ0v) is 19.3. The maximum atomic E-state index is 12.7. The highest BCUT2D eigenvalue weighted by Crippen LogP contribution is 2.36. The van der Waals surface area contributed by atoms with E-state index < -0.39 is 23.9 Å². The van der Waals surface area contributed by atoms with Crippen LogP contribution in [0.3, 0.4) is 0 Å². The summed E-state index contributed by atoms with van der Waals surface area (Å²) in [6.45, 7) is 0.180. The minimum absolute atomic E-state index is 0.0859. The highest BCUT2D eigenvalue weighted by atomic mass is 32.2. The molecule has 178 valence electrons. The molecule has 0 aromatic carbocycles. The van der Waals surface area contributed by atoms with Crippen molar-refractivity contribution in [3.63, 3.8) is 0 Å². The van der Waals surface area contributed by atoms with Gasteiger partial charge in [0.05, 0.1) is 12.2 Å². The van der Waals surface area contributed by atoms with E-state index in [0.29, 0.717) is 30.6 Å². The van der Waals surface area contributed by atoms with Gasteiger partial charge in [-0.15, -0.1) is 23.1 Å². The number of nitrogen functional groups attached to an aromatic ring is 1. The van der Waals surface area contributed by atoms with E-state index in [-0.39, 0.29) is 40.8 Å². The Morgan fingerprint density at radius 2 is 2.15 bits per heavy atom. The van der Waals surface area contributed by atoms with Crippen LogP contribution in [0.25, 0.3) is 0 Å². The fourth-order valence-corrected chi connectivity index (χ4v) is 4.93. The van der Waals surface area contributed by atoms with Crippen LogP contribution in [0.2, 0.25) is 0 Å². The van der Waals surface area contributed by atoms with Gasteiger partial charge in [0, 0.05) is 23.8 Å². The Morgan fingerprint density at radius 3 is 2.82 bits per heavy atom. The third-order valence-corrected chi connectivity index (χ3v) is 6.76. The number of anilines is 1. The largest absolute Gasteiger partial charge is 0.481 e. The number of aromatic nitrogens is 1. The van der Waals surface area contributed by atoms with E-state index in [0.717, 1.165) is 11.3 Å². The van der Waals surface area contributed by atoms with Crippen molar-refractivity contribution in [3.05, 3.63) is 22.8 Å². The minimum atomic E-state index is -0.852. The van der Waals surface area contributed by atoms with Crippen LogP contribution in [0.1, 0.15) is 31.4 Å². The number of nitrogens with zero attached hydrogens (tertiary/aromatic N) is 3. The van der Waals surface area contributed by atoms with E-state index in [1.165, 1.54) is 30.0 Å². The summed E-state index contributed by atoms with van der Waals surface area (Å²) in [6, 6.07) is -0.788. The number of rotatable bonds is 11. The first-order chi connectivity index (χ1) is 15.8. The van der Waals surface area contributed by atoms with Gasteiger partial charge in [-0.1, -0.05) is 5.16 Å². The molecule has 0 saturated carbocycles.